The Bertz CT molecular complexity index is 810. The highest BCUT2D eigenvalue weighted by atomic mass is 35.5. The molecular formula is C15H16ClN5O3S. The van der Waals surface area contributed by atoms with Crippen LogP contribution in [0.5, 0.6) is 0 Å². The Hall–Kier alpha value is -2.10. The van der Waals surface area contributed by atoms with E-state index in [-0.39, 0.29) is 17.8 Å². The minimum atomic E-state index is -0.114. The average molecular weight is 382 g/mol. The molecule has 0 fully saturated rings. The molecule has 0 unspecified atom stereocenters. The Balaban J connectivity index is 1.72. The number of carbonyl (C=O) groups excluding carboxylic acids is 1. The van der Waals surface area contributed by atoms with Crippen molar-refractivity contribution in [1.29, 1.82) is 0 Å². The molecule has 1 aromatic heterocycles. The van der Waals surface area contributed by atoms with Gasteiger partial charge in [0.05, 0.1) is 6.04 Å². The van der Waals surface area contributed by atoms with Crippen molar-refractivity contribution in [2.45, 2.75) is 24.4 Å². The summed E-state index contributed by atoms with van der Waals surface area (Å²) in [4.78, 5) is 15.4. The van der Waals surface area contributed by atoms with E-state index in [0.29, 0.717) is 29.4 Å². The van der Waals surface area contributed by atoms with E-state index in [0.717, 1.165) is 16.1 Å². The monoisotopic (exact) mass is 381 g/mol. The molecular weight excluding hydrogens is 366 g/mol. The molecule has 1 atom stereocenters. The third-order valence-corrected chi connectivity index (χ3v) is 5.00. The van der Waals surface area contributed by atoms with Gasteiger partial charge in [0.2, 0.25) is 5.91 Å². The van der Waals surface area contributed by atoms with Crippen LogP contribution in [-0.4, -0.2) is 39.6 Å². The standard InChI is InChI=1S/C15H16ClN5O3S/c1-8(22)17-5-6-25-15-13(20-24-21-15)14(19-23)18-12-7-10-9(12)3-2-4-11(10)16/h2-4,12,23H,5-7H2,1H3,(H,17,22)(H,18,19)/t12-/m0/s1. The van der Waals surface area contributed by atoms with E-state index < -0.39 is 0 Å². The van der Waals surface area contributed by atoms with Crippen molar-refractivity contribution in [3.63, 3.8) is 0 Å². The summed E-state index contributed by atoms with van der Waals surface area (Å²) >= 11 is 7.48. The van der Waals surface area contributed by atoms with Gasteiger partial charge in [-0.05, 0) is 27.5 Å². The normalized spacial score (nSPS) is 16.1. The van der Waals surface area contributed by atoms with Crippen LogP contribution >= 0.6 is 23.4 Å². The van der Waals surface area contributed by atoms with Crippen molar-refractivity contribution in [2.24, 2.45) is 4.99 Å². The van der Waals surface area contributed by atoms with Crippen LogP contribution in [0.15, 0.2) is 32.8 Å². The van der Waals surface area contributed by atoms with Gasteiger partial charge < -0.3 is 5.32 Å². The summed E-state index contributed by atoms with van der Waals surface area (Å²) < 4.78 is 4.77. The fourth-order valence-electron chi connectivity index (χ4n) is 2.48. The first-order valence-electron chi connectivity index (χ1n) is 7.55. The number of amidine groups is 1. The topological polar surface area (TPSA) is 113 Å². The number of fused-ring (bicyclic) bond motifs is 1. The van der Waals surface area contributed by atoms with Gasteiger partial charge >= 0.3 is 0 Å². The van der Waals surface area contributed by atoms with Gasteiger partial charge in [0.1, 0.15) is 0 Å². The minimum Gasteiger partial charge on any atom is -0.356 e. The molecule has 0 bridgehead atoms. The number of nitrogens with zero attached hydrogens (tertiary/aromatic N) is 3. The summed E-state index contributed by atoms with van der Waals surface area (Å²) in [6, 6.07) is 5.56. The molecule has 8 nitrogen and oxygen atoms in total. The summed E-state index contributed by atoms with van der Waals surface area (Å²) in [5.74, 6) is 0.668. The number of hydroxylamine groups is 1. The van der Waals surface area contributed by atoms with Gasteiger partial charge in [0, 0.05) is 30.7 Å². The molecule has 2 aromatic rings. The number of aliphatic imine (C=N–C) groups is 1. The maximum absolute atomic E-state index is 10.9. The van der Waals surface area contributed by atoms with Crippen molar-refractivity contribution in [3.05, 3.63) is 40.0 Å². The van der Waals surface area contributed by atoms with Gasteiger partial charge in [0.15, 0.2) is 16.6 Å². The van der Waals surface area contributed by atoms with Gasteiger partial charge in [-0.25, -0.2) is 4.63 Å². The minimum absolute atomic E-state index is 0.0966. The highest BCUT2D eigenvalue weighted by Gasteiger charge is 2.29. The van der Waals surface area contributed by atoms with E-state index >= 15 is 0 Å². The Morgan fingerprint density at radius 1 is 1.52 bits per heavy atom. The maximum atomic E-state index is 10.9. The van der Waals surface area contributed by atoms with Gasteiger partial charge in [-0.15, -0.1) is 0 Å². The molecule has 1 aliphatic rings. The molecule has 0 radical (unpaired) electrons. The molecule has 0 saturated heterocycles. The summed E-state index contributed by atoms with van der Waals surface area (Å²) in [7, 11) is 0. The second-order valence-corrected chi connectivity index (χ2v) is 6.86. The Kier molecular flexibility index (Phi) is 5.57. The van der Waals surface area contributed by atoms with Crippen LogP contribution in [0.1, 0.15) is 29.8 Å². The second kappa shape index (κ2) is 7.85. The van der Waals surface area contributed by atoms with E-state index in [1.807, 2.05) is 18.2 Å². The number of halogens is 1. The zero-order chi connectivity index (χ0) is 17.8. The van der Waals surface area contributed by atoms with Crippen molar-refractivity contribution in [1.82, 2.24) is 21.1 Å². The van der Waals surface area contributed by atoms with E-state index in [1.54, 1.807) is 0 Å². The zero-order valence-corrected chi connectivity index (χ0v) is 14.9. The smallest absolute Gasteiger partial charge is 0.216 e. The van der Waals surface area contributed by atoms with Crippen LogP contribution in [0.25, 0.3) is 0 Å². The SMILES string of the molecule is CC(=O)NCCSc1nonc1C(=N[C@H]1Cc2c(Cl)cccc21)NO. The number of hydrogen-bond acceptors (Lipinski definition) is 7. The molecule has 0 saturated carbocycles. The summed E-state index contributed by atoms with van der Waals surface area (Å²) in [5, 5.41) is 21.0. The second-order valence-electron chi connectivity index (χ2n) is 5.37. The number of amides is 1. The predicted octanol–water partition coefficient (Wildman–Crippen LogP) is 1.97. The van der Waals surface area contributed by atoms with Gasteiger partial charge in [-0.1, -0.05) is 35.5 Å². The van der Waals surface area contributed by atoms with E-state index in [1.165, 1.54) is 18.7 Å². The Morgan fingerprint density at radius 2 is 2.36 bits per heavy atom. The van der Waals surface area contributed by atoms with Crippen molar-refractivity contribution < 1.29 is 14.6 Å². The molecule has 3 N–H and O–H groups in total. The Labute approximate surface area is 153 Å². The summed E-state index contributed by atoms with van der Waals surface area (Å²) in [6.07, 6.45) is 0.691. The van der Waals surface area contributed by atoms with Gasteiger partial charge in [0.25, 0.3) is 0 Å². The van der Waals surface area contributed by atoms with Gasteiger partial charge in [-0.2, -0.15) is 0 Å². The first-order chi connectivity index (χ1) is 12.1. The lowest BCUT2D eigenvalue weighted by Crippen LogP contribution is -2.26. The van der Waals surface area contributed by atoms with Crippen LogP contribution in [0.4, 0.5) is 0 Å². The number of thioether (sulfide) groups is 1. The van der Waals surface area contributed by atoms with Crippen LogP contribution < -0.4 is 10.8 Å². The lowest BCUT2D eigenvalue weighted by atomic mass is 9.83. The first kappa shape index (κ1) is 17.7. The van der Waals surface area contributed by atoms with E-state index in [4.69, 9.17) is 16.2 Å². The number of aromatic nitrogens is 2. The van der Waals surface area contributed by atoms with E-state index in [2.05, 4.69) is 26.1 Å². The third kappa shape index (κ3) is 3.94. The van der Waals surface area contributed by atoms with Crippen LogP contribution in [0.3, 0.4) is 0 Å². The third-order valence-electron chi connectivity index (χ3n) is 3.70. The predicted molar refractivity (Wildman–Crippen MR) is 93.1 cm³/mol. The molecule has 25 heavy (non-hydrogen) atoms. The van der Waals surface area contributed by atoms with Crippen LogP contribution in [0, 0.1) is 0 Å². The number of rotatable bonds is 6. The highest BCUT2D eigenvalue weighted by molar-refractivity contribution is 7.99. The molecule has 132 valence electrons. The number of carbonyl (C=O) groups is 1. The molecule has 10 heteroatoms. The zero-order valence-electron chi connectivity index (χ0n) is 13.3. The molecule has 0 aliphatic heterocycles. The van der Waals surface area contributed by atoms with E-state index in [9.17, 15) is 10.0 Å². The molecule has 3 rings (SSSR count). The quantitative estimate of drug-likeness (QED) is 0.230. The van der Waals surface area contributed by atoms with Gasteiger partial charge in [-0.3, -0.25) is 20.5 Å². The number of nitrogens with one attached hydrogen (secondary N) is 2. The maximum Gasteiger partial charge on any atom is 0.216 e. The van der Waals surface area contributed by atoms with Crippen molar-refractivity contribution >= 4 is 35.1 Å². The average Bonchev–Trinajstić information content (AvgIpc) is 3.02. The largest absolute Gasteiger partial charge is 0.356 e. The summed E-state index contributed by atoms with van der Waals surface area (Å²) in [5.41, 5.74) is 4.49. The Morgan fingerprint density at radius 3 is 3.12 bits per heavy atom. The lowest BCUT2D eigenvalue weighted by Gasteiger charge is -2.28. The number of hydrogen-bond donors (Lipinski definition) is 3. The van der Waals surface area contributed by atoms with Crippen molar-refractivity contribution in [2.75, 3.05) is 12.3 Å². The molecule has 1 aromatic carbocycles. The fourth-order valence-corrected chi connectivity index (χ4v) is 3.50. The van der Waals surface area contributed by atoms with Crippen LogP contribution in [-0.2, 0) is 11.2 Å². The molecule has 0 spiro atoms. The highest BCUT2D eigenvalue weighted by Crippen LogP contribution is 2.40. The molecule has 1 aliphatic carbocycles. The lowest BCUT2D eigenvalue weighted by molar-refractivity contribution is -0.118. The first-order valence-corrected chi connectivity index (χ1v) is 8.92. The van der Waals surface area contributed by atoms with Crippen molar-refractivity contribution in [3.8, 4) is 0 Å². The molecule has 1 amide bonds. The fraction of sp³-hybridized carbons (Fsp3) is 0.333. The number of benzene rings is 1. The molecule has 1 heterocycles. The summed E-state index contributed by atoms with van der Waals surface area (Å²) in [6.45, 7) is 1.94. The van der Waals surface area contributed by atoms with Crippen LogP contribution in [0.2, 0.25) is 5.02 Å².